The number of phenolic OH excluding ortho intramolecular Hbond substituents is 1. The third-order valence-corrected chi connectivity index (χ3v) is 2.16. The van der Waals surface area contributed by atoms with Gasteiger partial charge in [0.15, 0.2) is 0 Å². The number of carbonyl (C=O) groups excluding carboxylic acids is 1. The third-order valence-electron chi connectivity index (χ3n) is 2.16. The first kappa shape index (κ1) is 13.6. The molecular formula is C13H15N3O2. The predicted octanol–water partition coefficient (Wildman–Crippen LogP) is 1.74. The Hall–Kier alpha value is -2.48. The normalized spacial score (nSPS) is 10.6. The molecule has 0 bridgehead atoms. The summed E-state index contributed by atoms with van der Waals surface area (Å²) in [5.74, 6) is -0.590. The fraction of sp³-hybridized carbons (Fsp3) is 0.231. The number of benzene rings is 1. The second-order valence-corrected chi connectivity index (χ2v) is 3.60. The molecule has 0 aliphatic rings. The van der Waals surface area contributed by atoms with Crippen LogP contribution in [0, 0.1) is 11.3 Å². The first-order chi connectivity index (χ1) is 8.69. The van der Waals surface area contributed by atoms with Crippen LogP contribution in [0.25, 0.3) is 0 Å². The van der Waals surface area contributed by atoms with Gasteiger partial charge in [-0.1, -0.05) is 19.1 Å². The van der Waals surface area contributed by atoms with E-state index in [1.54, 1.807) is 24.3 Å². The molecular weight excluding hydrogens is 230 g/mol. The van der Waals surface area contributed by atoms with Crippen LogP contribution in [0.2, 0.25) is 0 Å². The molecule has 0 spiro atoms. The fourth-order valence-corrected chi connectivity index (χ4v) is 1.24. The molecule has 0 unspecified atom stereocenters. The van der Waals surface area contributed by atoms with Gasteiger partial charge in [0, 0.05) is 12.7 Å². The molecule has 3 N–H and O–H groups in total. The van der Waals surface area contributed by atoms with Crippen molar-refractivity contribution in [2.24, 2.45) is 0 Å². The van der Waals surface area contributed by atoms with Crippen LogP contribution in [0.15, 0.2) is 36.0 Å². The summed E-state index contributed by atoms with van der Waals surface area (Å²) in [7, 11) is 0. The van der Waals surface area contributed by atoms with Gasteiger partial charge in [-0.3, -0.25) is 4.79 Å². The SMILES string of the molecule is CCCN/C=C(/C#N)C(=O)Nc1ccccc1O. The summed E-state index contributed by atoms with van der Waals surface area (Å²) in [5.41, 5.74) is 0.242. The van der Waals surface area contributed by atoms with E-state index in [1.807, 2.05) is 6.92 Å². The smallest absolute Gasteiger partial charge is 0.267 e. The zero-order valence-corrected chi connectivity index (χ0v) is 10.1. The fourth-order valence-electron chi connectivity index (χ4n) is 1.24. The number of hydrogen-bond acceptors (Lipinski definition) is 4. The van der Waals surface area contributed by atoms with Crippen LogP contribution in [-0.2, 0) is 4.79 Å². The minimum absolute atomic E-state index is 0.0355. The average Bonchev–Trinajstić information content (AvgIpc) is 2.37. The van der Waals surface area contributed by atoms with Gasteiger partial charge in [0.1, 0.15) is 17.4 Å². The summed E-state index contributed by atoms with van der Waals surface area (Å²) < 4.78 is 0. The number of nitrogens with zero attached hydrogens (tertiary/aromatic N) is 1. The Morgan fingerprint density at radius 3 is 2.83 bits per heavy atom. The molecule has 0 aromatic heterocycles. The van der Waals surface area contributed by atoms with Crippen LogP contribution in [0.1, 0.15) is 13.3 Å². The molecule has 94 valence electrons. The van der Waals surface area contributed by atoms with E-state index in [1.165, 1.54) is 12.3 Å². The van der Waals surface area contributed by atoms with E-state index in [2.05, 4.69) is 10.6 Å². The Labute approximate surface area is 106 Å². The Morgan fingerprint density at radius 1 is 1.50 bits per heavy atom. The maximum Gasteiger partial charge on any atom is 0.267 e. The lowest BCUT2D eigenvalue weighted by molar-refractivity contribution is -0.112. The van der Waals surface area contributed by atoms with E-state index in [0.717, 1.165) is 6.42 Å². The van der Waals surface area contributed by atoms with Crippen molar-refractivity contribution < 1.29 is 9.90 Å². The number of carbonyl (C=O) groups is 1. The van der Waals surface area contributed by atoms with E-state index < -0.39 is 5.91 Å². The topological polar surface area (TPSA) is 85.2 Å². The lowest BCUT2D eigenvalue weighted by Gasteiger charge is -2.06. The van der Waals surface area contributed by atoms with Gasteiger partial charge in [-0.25, -0.2) is 0 Å². The molecule has 0 radical (unpaired) electrons. The van der Waals surface area contributed by atoms with E-state index >= 15 is 0 Å². The molecule has 5 heteroatoms. The number of para-hydroxylation sites is 2. The summed E-state index contributed by atoms with van der Waals surface area (Å²) >= 11 is 0. The van der Waals surface area contributed by atoms with Crippen molar-refractivity contribution in [3.8, 4) is 11.8 Å². The summed E-state index contributed by atoms with van der Waals surface area (Å²) in [6.45, 7) is 2.67. The van der Waals surface area contributed by atoms with Crippen molar-refractivity contribution in [3.05, 3.63) is 36.0 Å². The zero-order valence-electron chi connectivity index (χ0n) is 10.1. The molecule has 0 aliphatic heterocycles. The van der Waals surface area contributed by atoms with E-state index in [4.69, 9.17) is 5.26 Å². The van der Waals surface area contributed by atoms with Crippen LogP contribution in [0.5, 0.6) is 5.75 Å². The highest BCUT2D eigenvalue weighted by Gasteiger charge is 2.10. The molecule has 0 saturated heterocycles. The Bertz CT molecular complexity index is 489. The predicted molar refractivity (Wildman–Crippen MR) is 68.7 cm³/mol. The monoisotopic (exact) mass is 245 g/mol. The van der Waals surface area contributed by atoms with Gasteiger partial charge < -0.3 is 15.7 Å². The van der Waals surface area contributed by atoms with Gasteiger partial charge in [-0.15, -0.1) is 0 Å². The molecule has 1 amide bonds. The first-order valence-electron chi connectivity index (χ1n) is 5.62. The Kier molecular flexibility index (Phi) is 5.26. The molecule has 0 aliphatic carbocycles. The standard InChI is InChI=1S/C13H15N3O2/c1-2-7-15-9-10(8-14)13(18)16-11-5-3-4-6-12(11)17/h3-6,9,15,17H,2,7H2,1H3,(H,16,18)/b10-9-. The van der Waals surface area contributed by atoms with Crippen LogP contribution in [0.4, 0.5) is 5.69 Å². The Balaban J connectivity index is 2.72. The molecule has 1 rings (SSSR count). The molecule has 0 heterocycles. The quantitative estimate of drug-likeness (QED) is 0.319. The molecule has 0 fully saturated rings. The van der Waals surface area contributed by atoms with Gasteiger partial charge >= 0.3 is 0 Å². The number of nitrogens with one attached hydrogen (secondary N) is 2. The Morgan fingerprint density at radius 2 is 2.22 bits per heavy atom. The van der Waals surface area contributed by atoms with Crippen molar-refractivity contribution in [2.45, 2.75) is 13.3 Å². The molecule has 1 aromatic rings. The minimum Gasteiger partial charge on any atom is -0.506 e. The molecule has 5 nitrogen and oxygen atoms in total. The van der Waals surface area contributed by atoms with E-state index in [0.29, 0.717) is 6.54 Å². The highest BCUT2D eigenvalue weighted by Crippen LogP contribution is 2.21. The summed E-state index contributed by atoms with van der Waals surface area (Å²) in [6.07, 6.45) is 2.27. The van der Waals surface area contributed by atoms with Crippen molar-refractivity contribution in [2.75, 3.05) is 11.9 Å². The van der Waals surface area contributed by atoms with Crippen LogP contribution in [-0.4, -0.2) is 17.6 Å². The number of rotatable bonds is 5. The highest BCUT2D eigenvalue weighted by atomic mass is 16.3. The number of phenols is 1. The number of nitriles is 1. The minimum atomic E-state index is -0.553. The number of aromatic hydroxyl groups is 1. The zero-order chi connectivity index (χ0) is 13.4. The van der Waals surface area contributed by atoms with Gasteiger partial charge in [0.05, 0.1) is 5.69 Å². The molecule has 0 atom stereocenters. The van der Waals surface area contributed by atoms with Gasteiger partial charge in [-0.2, -0.15) is 5.26 Å². The van der Waals surface area contributed by atoms with Crippen molar-refractivity contribution in [1.29, 1.82) is 5.26 Å². The number of hydrogen-bond donors (Lipinski definition) is 3. The maximum atomic E-state index is 11.7. The summed E-state index contributed by atoms with van der Waals surface area (Å²) in [6, 6.07) is 8.15. The molecule has 0 saturated carbocycles. The largest absolute Gasteiger partial charge is 0.506 e. The lowest BCUT2D eigenvalue weighted by Crippen LogP contribution is -2.17. The third kappa shape index (κ3) is 3.83. The van der Waals surface area contributed by atoms with Crippen molar-refractivity contribution in [1.82, 2.24) is 5.32 Å². The van der Waals surface area contributed by atoms with Gasteiger partial charge in [0.25, 0.3) is 5.91 Å². The summed E-state index contributed by atoms with van der Waals surface area (Å²) in [4.78, 5) is 11.7. The second-order valence-electron chi connectivity index (χ2n) is 3.60. The molecule has 1 aromatic carbocycles. The van der Waals surface area contributed by atoms with E-state index in [9.17, 15) is 9.90 Å². The van der Waals surface area contributed by atoms with Crippen LogP contribution >= 0.6 is 0 Å². The van der Waals surface area contributed by atoms with Gasteiger partial charge in [0.2, 0.25) is 0 Å². The first-order valence-corrected chi connectivity index (χ1v) is 5.62. The highest BCUT2D eigenvalue weighted by molar-refractivity contribution is 6.07. The maximum absolute atomic E-state index is 11.7. The number of amides is 1. The van der Waals surface area contributed by atoms with Gasteiger partial charge in [-0.05, 0) is 18.6 Å². The second kappa shape index (κ2) is 6.97. The molecule has 18 heavy (non-hydrogen) atoms. The summed E-state index contributed by atoms with van der Waals surface area (Å²) in [5, 5.41) is 23.7. The van der Waals surface area contributed by atoms with Crippen LogP contribution in [0.3, 0.4) is 0 Å². The van der Waals surface area contributed by atoms with Crippen molar-refractivity contribution in [3.63, 3.8) is 0 Å². The van der Waals surface area contributed by atoms with E-state index in [-0.39, 0.29) is 17.0 Å². The van der Waals surface area contributed by atoms with Crippen molar-refractivity contribution >= 4 is 11.6 Å². The number of anilines is 1. The average molecular weight is 245 g/mol. The van der Waals surface area contributed by atoms with Crippen LogP contribution < -0.4 is 10.6 Å². The lowest BCUT2D eigenvalue weighted by atomic mass is 10.2.